The molecule has 5 N–H and O–H groups in total. The summed E-state index contributed by atoms with van der Waals surface area (Å²) in [5, 5.41) is 0. The zero-order valence-electron chi connectivity index (χ0n) is 11.7. The summed E-state index contributed by atoms with van der Waals surface area (Å²) in [6.07, 6.45) is 0. The Bertz CT molecular complexity index is 493. The predicted molar refractivity (Wildman–Crippen MR) is 75.1 cm³/mol. The molecular formula is C12H20N6O2. The third-order valence-corrected chi connectivity index (χ3v) is 3.15. The minimum atomic E-state index is -0.524. The van der Waals surface area contributed by atoms with Crippen LogP contribution >= 0.6 is 0 Å². The van der Waals surface area contributed by atoms with Crippen LogP contribution in [0.5, 0.6) is 0 Å². The van der Waals surface area contributed by atoms with E-state index in [-0.39, 0.29) is 12.5 Å². The van der Waals surface area contributed by atoms with Crippen LogP contribution in [0.2, 0.25) is 0 Å². The molecule has 8 heteroatoms. The number of nitrogen functional groups attached to an aromatic ring is 1. The lowest BCUT2D eigenvalue weighted by atomic mass is 10.2. The fourth-order valence-electron chi connectivity index (χ4n) is 2.05. The van der Waals surface area contributed by atoms with Gasteiger partial charge in [0.25, 0.3) is 0 Å². The average molecular weight is 280 g/mol. The number of anilines is 2. The van der Waals surface area contributed by atoms with Gasteiger partial charge in [0, 0.05) is 18.5 Å². The van der Waals surface area contributed by atoms with Crippen LogP contribution in [0.15, 0.2) is 6.07 Å². The Hall–Kier alpha value is -1.93. The number of morpholine rings is 1. The fourth-order valence-corrected chi connectivity index (χ4v) is 2.05. The first-order chi connectivity index (χ1) is 9.52. The monoisotopic (exact) mass is 280 g/mol. The van der Waals surface area contributed by atoms with Crippen molar-refractivity contribution in [1.82, 2.24) is 9.97 Å². The molecule has 2 heterocycles. The van der Waals surface area contributed by atoms with E-state index in [4.69, 9.17) is 16.3 Å². The molecule has 1 unspecified atom stereocenters. The summed E-state index contributed by atoms with van der Waals surface area (Å²) >= 11 is 0. The number of hydrogen-bond acceptors (Lipinski definition) is 7. The highest BCUT2D eigenvalue weighted by Gasteiger charge is 2.29. The van der Waals surface area contributed by atoms with Crippen LogP contribution in [0.4, 0.5) is 11.6 Å². The Morgan fingerprint density at radius 1 is 1.55 bits per heavy atom. The molecule has 0 aromatic carbocycles. The zero-order valence-corrected chi connectivity index (χ0v) is 11.7. The van der Waals surface area contributed by atoms with Crippen LogP contribution in [0.25, 0.3) is 0 Å². The molecule has 2 rings (SSSR count). The summed E-state index contributed by atoms with van der Waals surface area (Å²) in [5.41, 5.74) is 7.94. The van der Waals surface area contributed by atoms with Crippen molar-refractivity contribution in [2.75, 3.05) is 30.1 Å². The molecule has 1 amide bonds. The molecule has 1 aromatic heterocycles. The summed E-state index contributed by atoms with van der Waals surface area (Å²) in [4.78, 5) is 22.1. The van der Waals surface area contributed by atoms with Gasteiger partial charge in [-0.2, -0.15) is 0 Å². The molecule has 0 spiro atoms. The van der Waals surface area contributed by atoms with Gasteiger partial charge >= 0.3 is 0 Å². The van der Waals surface area contributed by atoms with Crippen LogP contribution in [-0.2, 0) is 9.53 Å². The van der Waals surface area contributed by atoms with Crippen molar-refractivity contribution in [3.63, 3.8) is 0 Å². The van der Waals surface area contributed by atoms with Gasteiger partial charge in [-0.1, -0.05) is 13.8 Å². The van der Waals surface area contributed by atoms with Crippen molar-refractivity contribution in [1.29, 1.82) is 0 Å². The molecule has 1 saturated heterocycles. The molecule has 0 saturated carbocycles. The van der Waals surface area contributed by atoms with E-state index < -0.39 is 11.9 Å². The maximum absolute atomic E-state index is 11.5. The smallest absolute Gasteiger partial charge is 0.242 e. The molecule has 20 heavy (non-hydrogen) atoms. The van der Waals surface area contributed by atoms with Gasteiger partial charge in [0.1, 0.15) is 23.5 Å². The molecule has 0 bridgehead atoms. The van der Waals surface area contributed by atoms with E-state index in [9.17, 15) is 4.79 Å². The molecule has 1 fully saturated rings. The first-order valence-electron chi connectivity index (χ1n) is 6.52. The number of rotatable bonds is 4. The normalized spacial score (nSPS) is 19.2. The number of hydrogen-bond donors (Lipinski definition) is 3. The number of carbonyl (C=O) groups excluding carboxylic acids is 1. The SMILES string of the molecule is CC(C)c1nc(NN)cc(N2CCOCC2C(N)=O)n1. The van der Waals surface area contributed by atoms with Gasteiger partial charge in [0.05, 0.1) is 13.2 Å². The molecule has 1 aromatic rings. The Labute approximate surface area is 117 Å². The number of aromatic nitrogens is 2. The van der Waals surface area contributed by atoms with E-state index in [1.54, 1.807) is 6.07 Å². The quantitative estimate of drug-likeness (QED) is 0.506. The highest BCUT2D eigenvalue weighted by molar-refractivity contribution is 5.83. The van der Waals surface area contributed by atoms with Crippen LogP contribution in [0.1, 0.15) is 25.6 Å². The number of hydrazine groups is 1. The van der Waals surface area contributed by atoms with E-state index in [1.807, 2.05) is 18.7 Å². The minimum Gasteiger partial charge on any atom is -0.377 e. The maximum atomic E-state index is 11.5. The number of amides is 1. The summed E-state index contributed by atoms with van der Waals surface area (Å²) < 4.78 is 5.30. The second kappa shape index (κ2) is 6.02. The van der Waals surface area contributed by atoms with Crippen molar-refractivity contribution in [2.24, 2.45) is 11.6 Å². The highest BCUT2D eigenvalue weighted by atomic mass is 16.5. The lowest BCUT2D eigenvalue weighted by Crippen LogP contribution is -2.53. The molecule has 8 nitrogen and oxygen atoms in total. The van der Waals surface area contributed by atoms with Crippen LogP contribution in [0.3, 0.4) is 0 Å². The number of nitrogens with two attached hydrogens (primary N) is 2. The number of nitrogens with zero attached hydrogens (tertiary/aromatic N) is 3. The maximum Gasteiger partial charge on any atom is 0.242 e. The largest absolute Gasteiger partial charge is 0.377 e. The third kappa shape index (κ3) is 2.97. The number of primary amides is 1. The van der Waals surface area contributed by atoms with Gasteiger partial charge in [-0.15, -0.1) is 0 Å². The lowest BCUT2D eigenvalue weighted by molar-refractivity contribution is -0.121. The van der Waals surface area contributed by atoms with Gasteiger partial charge in [-0.05, 0) is 0 Å². The fraction of sp³-hybridized carbons (Fsp3) is 0.583. The molecule has 1 aliphatic heterocycles. The van der Waals surface area contributed by atoms with Crippen molar-refractivity contribution < 1.29 is 9.53 Å². The standard InChI is InChI=1S/C12H20N6O2/c1-7(2)12-15-9(17-14)5-10(16-12)18-3-4-20-6-8(18)11(13)19/h5,7-8H,3-4,6,14H2,1-2H3,(H2,13,19)(H,15,16,17). The summed E-state index contributed by atoms with van der Waals surface area (Å²) in [5.74, 6) is 6.95. The highest BCUT2D eigenvalue weighted by Crippen LogP contribution is 2.22. The second-order valence-corrected chi connectivity index (χ2v) is 4.96. The Morgan fingerprint density at radius 2 is 2.30 bits per heavy atom. The van der Waals surface area contributed by atoms with Gasteiger partial charge in [0.15, 0.2) is 0 Å². The molecule has 0 aliphatic carbocycles. The first-order valence-corrected chi connectivity index (χ1v) is 6.52. The van der Waals surface area contributed by atoms with Crippen molar-refractivity contribution in [3.05, 3.63) is 11.9 Å². The van der Waals surface area contributed by atoms with E-state index in [2.05, 4.69) is 15.4 Å². The van der Waals surface area contributed by atoms with Crippen LogP contribution in [0, 0.1) is 0 Å². The summed E-state index contributed by atoms with van der Waals surface area (Å²) in [7, 11) is 0. The van der Waals surface area contributed by atoms with Crippen molar-refractivity contribution in [3.8, 4) is 0 Å². The summed E-state index contributed by atoms with van der Waals surface area (Å²) in [6.45, 7) is 5.32. The van der Waals surface area contributed by atoms with Crippen LogP contribution in [-0.4, -0.2) is 41.7 Å². The number of ether oxygens (including phenoxy) is 1. The molecule has 110 valence electrons. The number of nitrogens with one attached hydrogen (secondary N) is 1. The number of carbonyl (C=O) groups is 1. The Morgan fingerprint density at radius 3 is 2.90 bits per heavy atom. The van der Waals surface area contributed by atoms with E-state index in [0.717, 1.165) is 0 Å². The molecular weight excluding hydrogens is 260 g/mol. The topological polar surface area (TPSA) is 119 Å². The zero-order chi connectivity index (χ0) is 14.7. The molecule has 0 radical (unpaired) electrons. The van der Waals surface area contributed by atoms with Crippen molar-refractivity contribution >= 4 is 17.5 Å². The molecule has 1 aliphatic rings. The van der Waals surface area contributed by atoms with Gasteiger partial charge in [0.2, 0.25) is 5.91 Å². The second-order valence-electron chi connectivity index (χ2n) is 4.96. The van der Waals surface area contributed by atoms with E-state index in [0.29, 0.717) is 30.6 Å². The third-order valence-electron chi connectivity index (χ3n) is 3.15. The average Bonchev–Trinajstić information content (AvgIpc) is 2.46. The minimum absolute atomic E-state index is 0.148. The Kier molecular flexibility index (Phi) is 4.35. The van der Waals surface area contributed by atoms with E-state index in [1.165, 1.54) is 0 Å². The predicted octanol–water partition coefficient (Wildman–Crippen LogP) is -0.424. The lowest BCUT2D eigenvalue weighted by Gasteiger charge is -2.34. The molecule has 1 atom stereocenters. The first kappa shape index (κ1) is 14.5. The van der Waals surface area contributed by atoms with E-state index >= 15 is 0 Å². The van der Waals surface area contributed by atoms with Crippen LogP contribution < -0.4 is 21.9 Å². The van der Waals surface area contributed by atoms with Crippen molar-refractivity contribution in [2.45, 2.75) is 25.8 Å². The van der Waals surface area contributed by atoms with Gasteiger partial charge < -0.3 is 20.8 Å². The Balaban J connectivity index is 2.38. The summed E-state index contributed by atoms with van der Waals surface area (Å²) in [6, 6.07) is 1.18. The van der Waals surface area contributed by atoms with Gasteiger partial charge in [-0.25, -0.2) is 15.8 Å². The van der Waals surface area contributed by atoms with Gasteiger partial charge in [-0.3, -0.25) is 4.79 Å².